The highest BCUT2D eigenvalue weighted by atomic mass is 16.3. The van der Waals surface area contributed by atoms with Gasteiger partial charge in [-0.05, 0) is 196 Å². The van der Waals surface area contributed by atoms with E-state index in [1.54, 1.807) is 0 Å². The Kier molecular flexibility index (Phi) is 13.3. The van der Waals surface area contributed by atoms with Crippen LogP contribution in [0.2, 0.25) is 0 Å². The van der Waals surface area contributed by atoms with Crippen molar-refractivity contribution in [3.63, 3.8) is 0 Å². The first-order valence-corrected chi connectivity index (χ1v) is 34.4. The fraction of sp³-hybridized carbons (Fsp3) is 0. The average Bonchev–Trinajstić information content (AvgIpc) is 1.32. The lowest BCUT2D eigenvalue weighted by molar-refractivity contribution is 0.670. The maximum atomic E-state index is 7.17. The fourth-order valence-electron chi connectivity index (χ4n) is 16.5. The van der Waals surface area contributed by atoms with E-state index in [0.717, 1.165) is 111 Å². The molecule has 18 aromatic carbocycles. The molecule has 0 saturated heterocycles. The van der Waals surface area contributed by atoms with E-state index < -0.39 is 0 Å². The third-order valence-corrected chi connectivity index (χ3v) is 20.9. The Labute approximate surface area is 578 Å². The molecule has 0 fully saturated rings. The SMILES string of the molecule is c1ccc(-c2ccc3c(oc4ccc(-c5c6ccccc6c(-c6ccc(-c7cccc8c(-c9cccc(-c%10ccc(-c%11ccccc%11)c%11c%10oc%10ccc(-c%12c%13ccccc%13c(-c%13ccccc%13)c%13ccccc%12%13)cc%10%11)c9)cccc78)cc6)c6ccccc56)cc43)c2-c2ccccc2)cc1. The van der Waals surface area contributed by atoms with Crippen LogP contribution in [-0.2, 0) is 0 Å². The number of fused-ring (bicyclic) bond motifs is 11. The van der Waals surface area contributed by atoms with Crippen LogP contribution in [0.25, 0.3) is 209 Å². The van der Waals surface area contributed by atoms with Gasteiger partial charge in [-0.3, -0.25) is 0 Å². The van der Waals surface area contributed by atoms with Gasteiger partial charge in [0.1, 0.15) is 22.3 Å². The van der Waals surface area contributed by atoms with Gasteiger partial charge in [0, 0.05) is 32.7 Å². The van der Waals surface area contributed by atoms with Gasteiger partial charge in [0.15, 0.2) is 0 Å². The van der Waals surface area contributed by atoms with Crippen LogP contribution in [0.4, 0.5) is 0 Å². The highest BCUT2D eigenvalue weighted by Crippen LogP contribution is 2.51. The molecule has 0 saturated carbocycles. The molecule has 2 heterocycles. The van der Waals surface area contributed by atoms with Gasteiger partial charge in [-0.25, -0.2) is 0 Å². The molecule has 0 aliphatic carbocycles. The number of rotatable bonds is 10. The average molecular weight is 1270 g/mol. The Balaban J connectivity index is 0.668. The highest BCUT2D eigenvalue weighted by molar-refractivity contribution is 6.25. The molecular weight excluding hydrogens is 1210 g/mol. The Morgan fingerprint density at radius 2 is 0.460 bits per heavy atom. The highest BCUT2D eigenvalue weighted by Gasteiger charge is 2.25. The van der Waals surface area contributed by atoms with Crippen molar-refractivity contribution >= 4 is 97.7 Å². The van der Waals surface area contributed by atoms with E-state index in [1.807, 2.05) is 0 Å². The lowest BCUT2D eigenvalue weighted by Gasteiger charge is -2.18. The van der Waals surface area contributed by atoms with Crippen LogP contribution in [0.15, 0.2) is 373 Å². The van der Waals surface area contributed by atoms with Crippen molar-refractivity contribution in [1.82, 2.24) is 0 Å². The van der Waals surface area contributed by atoms with Crippen LogP contribution in [0, 0.1) is 0 Å². The maximum absolute atomic E-state index is 7.17. The molecule has 2 nitrogen and oxygen atoms in total. The normalized spacial score (nSPS) is 11.8. The van der Waals surface area contributed by atoms with Crippen LogP contribution in [0.1, 0.15) is 0 Å². The summed E-state index contributed by atoms with van der Waals surface area (Å²) in [4.78, 5) is 0. The zero-order chi connectivity index (χ0) is 65.8. The molecule has 0 aliphatic heterocycles. The summed E-state index contributed by atoms with van der Waals surface area (Å²) < 4.78 is 14.1. The molecule has 0 aliphatic rings. The lowest BCUT2D eigenvalue weighted by Crippen LogP contribution is -1.91. The van der Waals surface area contributed by atoms with Gasteiger partial charge < -0.3 is 8.83 Å². The van der Waals surface area contributed by atoms with Gasteiger partial charge in [-0.1, -0.05) is 322 Å². The number of furan rings is 2. The fourth-order valence-corrected chi connectivity index (χ4v) is 16.5. The summed E-state index contributed by atoms with van der Waals surface area (Å²) in [7, 11) is 0. The second kappa shape index (κ2) is 23.3. The Bertz CT molecular complexity index is 6540. The van der Waals surface area contributed by atoms with E-state index in [-0.39, 0.29) is 0 Å². The molecule has 0 N–H and O–H groups in total. The topological polar surface area (TPSA) is 26.3 Å². The molecule has 0 atom stereocenters. The zero-order valence-corrected chi connectivity index (χ0v) is 54.5. The summed E-state index contributed by atoms with van der Waals surface area (Å²) in [6.45, 7) is 0. The molecule has 0 unspecified atom stereocenters. The molecular formula is C98H60O2. The second-order valence-corrected chi connectivity index (χ2v) is 26.4. The Hall–Kier alpha value is -13.1. The summed E-state index contributed by atoms with van der Waals surface area (Å²) in [6.07, 6.45) is 0. The van der Waals surface area contributed by atoms with Gasteiger partial charge in [0.2, 0.25) is 0 Å². The minimum Gasteiger partial charge on any atom is -0.455 e. The van der Waals surface area contributed by atoms with Crippen LogP contribution in [0.3, 0.4) is 0 Å². The summed E-state index contributed by atoms with van der Waals surface area (Å²) in [5.74, 6) is 0. The Morgan fingerprint density at radius 1 is 0.140 bits per heavy atom. The Morgan fingerprint density at radius 3 is 0.970 bits per heavy atom. The number of benzene rings is 18. The van der Waals surface area contributed by atoms with Crippen molar-refractivity contribution in [3.05, 3.63) is 364 Å². The summed E-state index contributed by atoms with van der Waals surface area (Å²) in [5, 5.41) is 16.5. The number of hydrogen-bond donors (Lipinski definition) is 0. The van der Waals surface area contributed by atoms with E-state index in [9.17, 15) is 0 Å². The standard InChI is InChI=1S/C98H60O2/c1-5-24-61(25-6-1)73-53-55-86-87-59-69(50-56-89(87)99-98(86)95(73)65-30-11-4-12-31-65)93-84-40-19-15-36-80(84)92(81-37-16-20-41-85(81)93)66-48-46-63(47-49-66)71-42-22-45-77-72(43-23-44-76(71)77)67-32-21-33-68(58-67)75-54-52-74(62-26-7-2-8-27-62)96-88-60-70(51-57-90(88)100-97(75)96)94-82-38-17-13-34-78(82)91(64-28-9-3-10-29-64)79-35-14-18-39-83(79)94/h1-60H. The minimum atomic E-state index is 0.855. The van der Waals surface area contributed by atoms with E-state index in [0.29, 0.717) is 0 Å². The second-order valence-electron chi connectivity index (χ2n) is 26.4. The summed E-state index contributed by atoms with van der Waals surface area (Å²) in [6, 6.07) is 133. The molecule has 20 aromatic rings. The van der Waals surface area contributed by atoms with Crippen LogP contribution >= 0.6 is 0 Å². The van der Waals surface area contributed by atoms with Crippen LogP contribution in [0.5, 0.6) is 0 Å². The minimum absolute atomic E-state index is 0.855. The largest absolute Gasteiger partial charge is 0.455 e. The van der Waals surface area contributed by atoms with Crippen molar-refractivity contribution in [2.45, 2.75) is 0 Å². The summed E-state index contributed by atoms with van der Waals surface area (Å²) in [5.41, 5.74) is 26.7. The lowest BCUT2D eigenvalue weighted by atomic mass is 9.85. The van der Waals surface area contributed by atoms with Crippen molar-refractivity contribution < 1.29 is 8.83 Å². The van der Waals surface area contributed by atoms with E-state index in [1.165, 1.54) is 98.4 Å². The molecule has 0 spiro atoms. The van der Waals surface area contributed by atoms with Gasteiger partial charge in [0.05, 0.1) is 0 Å². The van der Waals surface area contributed by atoms with Crippen molar-refractivity contribution in [3.8, 4) is 111 Å². The molecule has 2 heteroatoms. The molecule has 0 bridgehead atoms. The first-order chi connectivity index (χ1) is 49.6. The van der Waals surface area contributed by atoms with E-state index in [4.69, 9.17) is 8.83 Å². The van der Waals surface area contributed by atoms with Crippen molar-refractivity contribution in [1.29, 1.82) is 0 Å². The molecule has 0 amide bonds. The number of hydrogen-bond acceptors (Lipinski definition) is 2. The van der Waals surface area contributed by atoms with E-state index in [2.05, 4.69) is 364 Å². The van der Waals surface area contributed by atoms with Crippen molar-refractivity contribution in [2.24, 2.45) is 0 Å². The zero-order valence-electron chi connectivity index (χ0n) is 54.5. The van der Waals surface area contributed by atoms with Crippen LogP contribution in [-0.4, -0.2) is 0 Å². The first kappa shape index (κ1) is 57.1. The van der Waals surface area contributed by atoms with Crippen molar-refractivity contribution in [2.75, 3.05) is 0 Å². The van der Waals surface area contributed by atoms with Gasteiger partial charge in [0.25, 0.3) is 0 Å². The van der Waals surface area contributed by atoms with Gasteiger partial charge >= 0.3 is 0 Å². The van der Waals surface area contributed by atoms with E-state index >= 15 is 0 Å². The third-order valence-electron chi connectivity index (χ3n) is 20.9. The predicted molar refractivity (Wildman–Crippen MR) is 423 cm³/mol. The molecule has 2 aromatic heterocycles. The molecule has 464 valence electrons. The van der Waals surface area contributed by atoms with Crippen LogP contribution < -0.4 is 0 Å². The van der Waals surface area contributed by atoms with Gasteiger partial charge in [-0.2, -0.15) is 0 Å². The molecule has 100 heavy (non-hydrogen) atoms. The quantitative estimate of drug-likeness (QED) is 0.128. The molecule has 20 rings (SSSR count). The predicted octanol–water partition coefficient (Wildman–Crippen LogP) is 27.9. The maximum Gasteiger partial charge on any atom is 0.143 e. The monoisotopic (exact) mass is 1270 g/mol. The first-order valence-electron chi connectivity index (χ1n) is 34.4. The molecule has 0 radical (unpaired) electrons. The van der Waals surface area contributed by atoms with Gasteiger partial charge in [-0.15, -0.1) is 0 Å². The third kappa shape index (κ3) is 9.19. The summed E-state index contributed by atoms with van der Waals surface area (Å²) >= 11 is 0. The smallest absolute Gasteiger partial charge is 0.143 e.